The van der Waals surface area contributed by atoms with Crippen molar-refractivity contribution in [1.82, 2.24) is 14.8 Å². The molecule has 3 N–H and O–H groups in total. The average Bonchev–Trinajstić information content (AvgIpc) is 3.33. The summed E-state index contributed by atoms with van der Waals surface area (Å²) in [7, 11) is 0. The average molecular weight is 524 g/mol. The number of benzene rings is 2. The molecule has 2 aromatic carbocycles. The Morgan fingerprint density at radius 3 is 2.74 bits per heavy atom. The molecule has 3 heterocycles. The highest BCUT2D eigenvalue weighted by atomic mass is 79.9. The maximum atomic E-state index is 10.9. The Hall–Kier alpha value is -2.98. The van der Waals surface area contributed by atoms with E-state index in [-0.39, 0.29) is 6.54 Å². The van der Waals surface area contributed by atoms with E-state index in [1.54, 1.807) is 0 Å². The van der Waals surface area contributed by atoms with Gasteiger partial charge in [0.05, 0.1) is 35.6 Å². The fraction of sp³-hybridized carbons (Fsp3) is 0.280. The number of fused-ring (bicyclic) bond motifs is 2. The summed E-state index contributed by atoms with van der Waals surface area (Å²) in [6.45, 7) is 8.74. The van der Waals surface area contributed by atoms with Crippen molar-refractivity contribution in [3.63, 3.8) is 0 Å². The largest absolute Gasteiger partial charge is 0.480 e. The Balaban J connectivity index is 1.33. The molecule has 1 aromatic heterocycles. The van der Waals surface area contributed by atoms with Gasteiger partial charge in [-0.1, -0.05) is 40.7 Å². The minimum absolute atomic E-state index is 0.103. The van der Waals surface area contributed by atoms with Gasteiger partial charge in [-0.15, -0.1) is 0 Å². The highest BCUT2D eigenvalue weighted by molar-refractivity contribution is 9.10. The van der Waals surface area contributed by atoms with E-state index in [2.05, 4.69) is 55.0 Å². The summed E-state index contributed by atoms with van der Waals surface area (Å²) in [5.41, 5.74) is 7.62. The maximum Gasteiger partial charge on any atom is 0.317 e. The second-order valence-corrected chi connectivity index (χ2v) is 9.39. The first-order chi connectivity index (χ1) is 16.5. The molecule has 0 amide bonds. The SMILES string of the molecule is C=C1N=c2ccc(Br)cc2=C1c1[nH]c2ccccc2c1NOCCN1CCN(CC(=O)O)CC1. The number of aromatic amines is 1. The predicted octanol–water partition coefficient (Wildman–Crippen LogP) is 2.32. The number of halogens is 1. The number of H-pyrrole nitrogens is 1. The molecule has 1 saturated heterocycles. The standard InChI is InChI=1S/C25H26BrN5O3/c1-16-23(19-14-17(26)6-7-21(19)27-16)25-24(18-4-2-3-5-20(18)28-25)29-34-13-12-30-8-10-31(11-9-30)15-22(32)33/h2-7,14,28-29H,1,8-13,15H2,(H,32,33). The van der Waals surface area contributed by atoms with E-state index in [9.17, 15) is 4.79 Å². The summed E-state index contributed by atoms with van der Waals surface area (Å²) in [5, 5.41) is 11.9. The number of carboxylic acids is 1. The van der Waals surface area contributed by atoms with E-state index in [1.165, 1.54) is 0 Å². The molecule has 0 unspecified atom stereocenters. The minimum Gasteiger partial charge on any atom is -0.480 e. The van der Waals surface area contributed by atoms with E-state index in [0.29, 0.717) is 12.3 Å². The summed E-state index contributed by atoms with van der Waals surface area (Å²) in [5.74, 6) is -0.777. The zero-order chi connectivity index (χ0) is 23.7. The number of hydrogen-bond donors (Lipinski definition) is 3. The second kappa shape index (κ2) is 9.71. The monoisotopic (exact) mass is 523 g/mol. The van der Waals surface area contributed by atoms with Crippen LogP contribution in [0.25, 0.3) is 16.5 Å². The number of nitrogens with one attached hydrogen (secondary N) is 2. The fourth-order valence-electron chi connectivity index (χ4n) is 4.54. The zero-order valence-electron chi connectivity index (χ0n) is 18.7. The number of carbonyl (C=O) groups is 1. The van der Waals surface area contributed by atoms with E-state index in [4.69, 9.17) is 9.94 Å². The van der Waals surface area contributed by atoms with Gasteiger partial charge in [-0.25, -0.2) is 4.99 Å². The van der Waals surface area contributed by atoms with Crippen LogP contribution in [0.3, 0.4) is 0 Å². The number of allylic oxidation sites excluding steroid dienone is 1. The van der Waals surface area contributed by atoms with Crippen molar-refractivity contribution in [2.75, 3.05) is 51.4 Å². The van der Waals surface area contributed by atoms with Gasteiger partial charge in [0.1, 0.15) is 0 Å². The number of para-hydroxylation sites is 1. The van der Waals surface area contributed by atoms with Gasteiger partial charge in [0.15, 0.2) is 0 Å². The molecule has 2 aliphatic rings. The molecule has 8 nitrogen and oxygen atoms in total. The van der Waals surface area contributed by atoms with Crippen LogP contribution in [0.1, 0.15) is 5.69 Å². The number of hydrogen-bond acceptors (Lipinski definition) is 6. The van der Waals surface area contributed by atoms with Crippen molar-refractivity contribution < 1.29 is 14.7 Å². The number of aromatic nitrogens is 1. The molecular formula is C25H26BrN5O3. The molecule has 0 aliphatic carbocycles. The molecule has 0 radical (unpaired) electrons. The van der Waals surface area contributed by atoms with Crippen molar-refractivity contribution in [2.45, 2.75) is 0 Å². The molecule has 0 atom stereocenters. The quantitative estimate of drug-likeness (QED) is 0.310. The van der Waals surface area contributed by atoms with Crippen LogP contribution >= 0.6 is 15.9 Å². The molecule has 34 heavy (non-hydrogen) atoms. The lowest BCUT2D eigenvalue weighted by Crippen LogP contribution is -2.48. The van der Waals surface area contributed by atoms with Gasteiger partial charge in [0.2, 0.25) is 0 Å². The van der Waals surface area contributed by atoms with Gasteiger partial charge in [0.25, 0.3) is 0 Å². The smallest absolute Gasteiger partial charge is 0.317 e. The number of aliphatic carboxylic acids is 1. The first kappa shape index (κ1) is 22.8. The zero-order valence-corrected chi connectivity index (χ0v) is 20.3. The highest BCUT2D eigenvalue weighted by Gasteiger charge is 2.22. The molecule has 9 heteroatoms. The van der Waals surface area contributed by atoms with Crippen LogP contribution in [0.5, 0.6) is 0 Å². The summed E-state index contributed by atoms with van der Waals surface area (Å²) < 4.78 is 0.985. The maximum absolute atomic E-state index is 10.9. The Kier molecular flexibility index (Phi) is 6.51. The molecular weight excluding hydrogens is 498 g/mol. The van der Waals surface area contributed by atoms with Crippen LogP contribution in [-0.2, 0) is 9.63 Å². The van der Waals surface area contributed by atoms with Crippen molar-refractivity contribution in [3.05, 3.63) is 75.5 Å². The van der Waals surface area contributed by atoms with Crippen molar-refractivity contribution >= 4 is 44.1 Å². The number of anilines is 1. The van der Waals surface area contributed by atoms with E-state index >= 15 is 0 Å². The first-order valence-electron chi connectivity index (χ1n) is 11.2. The van der Waals surface area contributed by atoms with Gasteiger partial charge in [-0.3, -0.25) is 24.9 Å². The number of nitrogens with zero attached hydrogens (tertiary/aromatic N) is 3. The summed E-state index contributed by atoms with van der Waals surface area (Å²) in [6, 6.07) is 14.1. The van der Waals surface area contributed by atoms with Gasteiger partial charge >= 0.3 is 5.97 Å². The molecule has 0 saturated carbocycles. The third-order valence-corrected chi connectivity index (χ3v) is 6.73. The molecule has 5 rings (SSSR count). The molecule has 0 spiro atoms. The van der Waals surface area contributed by atoms with Crippen LogP contribution in [0.15, 0.2) is 64.2 Å². The first-order valence-corrected chi connectivity index (χ1v) is 12.0. The van der Waals surface area contributed by atoms with Gasteiger partial charge in [-0.05, 0) is 24.3 Å². The third-order valence-electron chi connectivity index (χ3n) is 6.24. The molecule has 3 aromatic rings. The predicted molar refractivity (Wildman–Crippen MR) is 135 cm³/mol. The Morgan fingerprint density at radius 2 is 1.94 bits per heavy atom. The highest BCUT2D eigenvalue weighted by Crippen LogP contribution is 2.34. The van der Waals surface area contributed by atoms with Crippen LogP contribution in [0.2, 0.25) is 0 Å². The van der Waals surface area contributed by atoms with Gasteiger partial charge < -0.3 is 10.1 Å². The summed E-state index contributed by atoms with van der Waals surface area (Å²) in [6.07, 6.45) is 0. The van der Waals surface area contributed by atoms with E-state index in [0.717, 1.165) is 75.6 Å². The molecule has 2 aliphatic heterocycles. The van der Waals surface area contributed by atoms with Crippen molar-refractivity contribution in [2.24, 2.45) is 4.99 Å². The lowest BCUT2D eigenvalue weighted by Gasteiger charge is -2.33. The van der Waals surface area contributed by atoms with Crippen LogP contribution in [0.4, 0.5) is 5.69 Å². The van der Waals surface area contributed by atoms with Crippen LogP contribution < -0.4 is 16.1 Å². The Labute approximate surface area is 205 Å². The molecule has 1 fully saturated rings. The topological polar surface area (TPSA) is 93.2 Å². The lowest BCUT2D eigenvalue weighted by atomic mass is 10.1. The van der Waals surface area contributed by atoms with Crippen molar-refractivity contribution in [3.8, 4) is 0 Å². The van der Waals surface area contributed by atoms with E-state index < -0.39 is 5.97 Å². The molecule has 176 valence electrons. The number of piperazine rings is 1. The number of carboxylic acid groups (broad SMARTS) is 1. The van der Waals surface area contributed by atoms with Gasteiger partial charge in [-0.2, -0.15) is 0 Å². The lowest BCUT2D eigenvalue weighted by molar-refractivity contribution is -0.138. The molecule has 0 bridgehead atoms. The third kappa shape index (κ3) is 4.65. The van der Waals surface area contributed by atoms with E-state index in [1.807, 2.05) is 35.2 Å². The number of rotatable bonds is 8. The van der Waals surface area contributed by atoms with Crippen LogP contribution in [-0.4, -0.2) is 71.7 Å². The normalized spacial score (nSPS) is 16.6. The minimum atomic E-state index is -0.777. The summed E-state index contributed by atoms with van der Waals surface area (Å²) >= 11 is 3.57. The Morgan fingerprint density at radius 1 is 1.18 bits per heavy atom. The second-order valence-electron chi connectivity index (χ2n) is 8.48. The van der Waals surface area contributed by atoms with Crippen LogP contribution in [0, 0.1) is 0 Å². The van der Waals surface area contributed by atoms with Gasteiger partial charge in [0, 0.05) is 58.9 Å². The fourth-order valence-corrected chi connectivity index (χ4v) is 4.90. The van der Waals surface area contributed by atoms with Crippen molar-refractivity contribution in [1.29, 1.82) is 0 Å². The Bertz CT molecular complexity index is 1370. The summed E-state index contributed by atoms with van der Waals surface area (Å²) in [4.78, 5) is 29.3.